The van der Waals surface area contributed by atoms with E-state index in [1.165, 1.54) is 7.11 Å². The SMILES string of the molecule is COc1ccc(CNC(=O)C(=O)Nc2c(C)nn(C)c2C)cc1OC. The van der Waals surface area contributed by atoms with Gasteiger partial charge in [-0.1, -0.05) is 6.07 Å². The maximum Gasteiger partial charge on any atom is 0.313 e. The molecule has 2 rings (SSSR count). The summed E-state index contributed by atoms with van der Waals surface area (Å²) in [6, 6.07) is 5.27. The molecule has 8 heteroatoms. The Morgan fingerprint density at radius 3 is 2.36 bits per heavy atom. The third-order valence-electron chi connectivity index (χ3n) is 3.85. The number of ether oxygens (including phenoxy) is 2. The standard InChI is InChI=1S/C17H22N4O4/c1-10-15(11(2)21(3)20-10)19-17(23)16(22)18-9-12-6-7-13(24-4)14(8-12)25-5/h6-8H,9H2,1-5H3,(H,18,22)(H,19,23). The van der Waals surface area contributed by atoms with Gasteiger partial charge in [-0.05, 0) is 31.5 Å². The maximum atomic E-state index is 12.1. The molecule has 0 unspecified atom stereocenters. The Morgan fingerprint density at radius 2 is 1.80 bits per heavy atom. The lowest BCUT2D eigenvalue weighted by Crippen LogP contribution is -2.35. The van der Waals surface area contributed by atoms with Crippen LogP contribution in [0, 0.1) is 13.8 Å². The van der Waals surface area contributed by atoms with Gasteiger partial charge < -0.3 is 20.1 Å². The zero-order valence-corrected chi connectivity index (χ0v) is 15.0. The number of hydrogen-bond donors (Lipinski definition) is 2. The fourth-order valence-corrected chi connectivity index (χ4v) is 2.38. The summed E-state index contributed by atoms with van der Waals surface area (Å²) >= 11 is 0. The number of rotatable bonds is 5. The molecule has 0 aliphatic carbocycles. The van der Waals surface area contributed by atoms with Crippen LogP contribution in [0.1, 0.15) is 17.0 Å². The van der Waals surface area contributed by atoms with E-state index in [-0.39, 0.29) is 6.54 Å². The van der Waals surface area contributed by atoms with Crippen molar-refractivity contribution in [2.75, 3.05) is 19.5 Å². The van der Waals surface area contributed by atoms with Crippen molar-refractivity contribution in [2.45, 2.75) is 20.4 Å². The molecule has 0 bridgehead atoms. The fourth-order valence-electron chi connectivity index (χ4n) is 2.38. The van der Waals surface area contributed by atoms with Crippen molar-refractivity contribution >= 4 is 17.5 Å². The fraction of sp³-hybridized carbons (Fsp3) is 0.353. The summed E-state index contributed by atoms with van der Waals surface area (Å²) < 4.78 is 12.0. The highest BCUT2D eigenvalue weighted by atomic mass is 16.5. The van der Waals surface area contributed by atoms with Gasteiger partial charge in [-0.2, -0.15) is 5.10 Å². The van der Waals surface area contributed by atoms with E-state index in [0.717, 1.165) is 11.3 Å². The normalized spacial score (nSPS) is 10.3. The molecule has 0 saturated heterocycles. The predicted molar refractivity (Wildman–Crippen MR) is 92.7 cm³/mol. The van der Waals surface area contributed by atoms with Gasteiger partial charge in [0.25, 0.3) is 0 Å². The number of aromatic nitrogens is 2. The molecule has 0 saturated carbocycles. The summed E-state index contributed by atoms with van der Waals surface area (Å²) in [5.74, 6) is -0.310. The van der Waals surface area contributed by atoms with Crippen LogP contribution < -0.4 is 20.1 Å². The Kier molecular flexibility index (Phi) is 5.63. The van der Waals surface area contributed by atoms with E-state index in [2.05, 4.69) is 15.7 Å². The van der Waals surface area contributed by atoms with E-state index in [1.807, 2.05) is 6.92 Å². The highest BCUT2D eigenvalue weighted by molar-refractivity contribution is 6.39. The first-order valence-corrected chi connectivity index (χ1v) is 7.67. The van der Waals surface area contributed by atoms with Crippen molar-refractivity contribution in [2.24, 2.45) is 7.05 Å². The van der Waals surface area contributed by atoms with Gasteiger partial charge in [0, 0.05) is 13.6 Å². The Morgan fingerprint density at radius 1 is 1.12 bits per heavy atom. The molecule has 0 radical (unpaired) electrons. The van der Waals surface area contributed by atoms with Crippen molar-refractivity contribution in [1.29, 1.82) is 0 Å². The molecule has 8 nitrogen and oxygen atoms in total. The molecule has 134 valence electrons. The molecule has 2 amide bonds. The number of nitrogens with one attached hydrogen (secondary N) is 2. The zero-order chi connectivity index (χ0) is 18.6. The Labute approximate surface area is 146 Å². The highest BCUT2D eigenvalue weighted by Gasteiger charge is 2.18. The zero-order valence-electron chi connectivity index (χ0n) is 15.0. The number of nitrogens with zero attached hydrogens (tertiary/aromatic N) is 2. The smallest absolute Gasteiger partial charge is 0.313 e. The molecule has 1 aromatic heterocycles. The van der Waals surface area contributed by atoms with E-state index in [9.17, 15) is 9.59 Å². The lowest BCUT2D eigenvalue weighted by Gasteiger charge is -2.10. The van der Waals surface area contributed by atoms with Crippen LogP contribution in [0.4, 0.5) is 5.69 Å². The van der Waals surface area contributed by atoms with Gasteiger partial charge in [-0.25, -0.2) is 0 Å². The third-order valence-corrected chi connectivity index (χ3v) is 3.85. The number of aryl methyl sites for hydroxylation is 2. The van der Waals surface area contributed by atoms with Gasteiger partial charge in [0.15, 0.2) is 11.5 Å². The molecule has 0 spiro atoms. The average Bonchev–Trinajstić information content (AvgIpc) is 2.85. The largest absolute Gasteiger partial charge is 0.493 e. The molecule has 1 aromatic carbocycles. The minimum atomic E-state index is -0.736. The molecule has 0 aliphatic heterocycles. The summed E-state index contributed by atoms with van der Waals surface area (Å²) in [5, 5.41) is 9.37. The molecular weight excluding hydrogens is 324 g/mol. The van der Waals surface area contributed by atoms with Crippen LogP contribution >= 0.6 is 0 Å². The van der Waals surface area contributed by atoms with Crippen molar-refractivity contribution in [3.05, 3.63) is 35.2 Å². The second kappa shape index (κ2) is 7.69. The van der Waals surface area contributed by atoms with E-state index in [0.29, 0.717) is 22.9 Å². The number of methoxy groups -OCH3 is 2. The molecule has 0 fully saturated rings. The quantitative estimate of drug-likeness (QED) is 0.796. The molecular formula is C17H22N4O4. The van der Waals surface area contributed by atoms with Gasteiger partial charge in [0.05, 0.1) is 31.3 Å². The minimum Gasteiger partial charge on any atom is -0.493 e. The van der Waals surface area contributed by atoms with Crippen molar-refractivity contribution in [3.8, 4) is 11.5 Å². The number of hydrogen-bond acceptors (Lipinski definition) is 5. The summed E-state index contributed by atoms with van der Waals surface area (Å²) in [5.41, 5.74) is 2.76. The number of carbonyl (C=O) groups is 2. The first kappa shape index (κ1) is 18.3. The molecule has 2 aromatic rings. The van der Waals surface area contributed by atoms with Crippen molar-refractivity contribution in [1.82, 2.24) is 15.1 Å². The number of benzene rings is 1. The summed E-state index contributed by atoms with van der Waals surface area (Å²) in [4.78, 5) is 24.1. The van der Waals surface area contributed by atoms with Crippen LogP contribution in [-0.2, 0) is 23.2 Å². The monoisotopic (exact) mass is 346 g/mol. The van der Waals surface area contributed by atoms with E-state index < -0.39 is 11.8 Å². The summed E-state index contributed by atoms with van der Waals surface area (Å²) in [7, 11) is 4.85. The minimum absolute atomic E-state index is 0.192. The van der Waals surface area contributed by atoms with Crippen LogP contribution in [0.25, 0.3) is 0 Å². The molecule has 2 N–H and O–H groups in total. The van der Waals surface area contributed by atoms with Crippen molar-refractivity contribution in [3.63, 3.8) is 0 Å². The molecule has 0 aliphatic rings. The van der Waals surface area contributed by atoms with E-state index >= 15 is 0 Å². The Hall–Kier alpha value is -3.03. The van der Waals surface area contributed by atoms with Crippen molar-refractivity contribution < 1.29 is 19.1 Å². The van der Waals surface area contributed by atoms with Gasteiger partial charge in [-0.15, -0.1) is 0 Å². The lowest BCUT2D eigenvalue weighted by atomic mass is 10.2. The number of amides is 2. The van der Waals surface area contributed by atoms with Crippen LogP contribution in [-0.4, -0.2) is 35.8 Å². The second-order valence-corrected chi connectivity index (χ2v) is 5.50. The van der Waals surface area contributed by atoms with Gasteiger partial charge in [-0.3, -0.25) is 14.3 Å². The van der Waals surface area contributed by atoms with E-state index in [1.54, 1.807) is 44.0 Å². The van der Waals surface area contributed by atoms with Gasteiger partial charge in [0.1, 0.15) is 0 Å². The Bertz CT molecular complexity index is 798. The second-order valence-electron chi connectivity index (χ2n) is 5.50. The summed E-state index contributed by atoms with van der Waals surface area (Å²) in [6.07, 6.45) is 0. The van der Waals surface area contributed by atoms with Gasteiger partial charge >= 0.3 is 11.8 Å². The number of anilines is 1. The first-order valence-electron chi connectivity index (χ1n) is 7.67. The van der Waals surface area contributed by atoms with Crippen LogP contribution in [0.15, 0.2) is 18.2 Å². The molecule has 25 heavy (non-hydrogen) atoms. The maximum absolute atomic E-state index is 12.1. The predicted octanol–water partition coefficient (Wildman–Crippen LogP) is 1.31. The molecule has 1 heterocycles. The van der Waals surface area contributed by atoms with Gasteiger partial charge in [0.2, 0.25) is 0 Å². The highest BCUT2D eigenvalue weighted by Crippen LogP contribution is 2.27. The van der Waals surface area contributed by atoms with Crippen LogP contribution in [0.5, 0.6) is 11.5 Å². The lowest BCUT2D eigenvalue weighted by molar-refractivity contribution is -0.136. The molecule has 0 atom stereocenters. The Balaban J connectivity index is 1.99. The van der Waals surface area contributed by atoms with Crippen LogP contribution in [0.3, 0.4) is 0 Å². The average molecular weight is 346 g/mol. The van der Waals surface area contributed by atoms with Crippen LogP contribution in [0.2, 0.25) is 0 Å². The topological polar surface area (TPSA) is 94.5 Å². The van der Waals surface area contributed by atoms with E-state index in [4.69, 9.17) is 9.47 Å². The summed E-state index contributed by atoms with van der Waals surface area (Å²) in [6.45, 7) is 3.78. The third kappa shape index (κ3) is 4.09. The first-order chi connectivity index (χ1) is 11.9. The number of carbonyl (C=O) groups excluding carboxylic acids is 2.